The summed E-state index contributed by atoms with van der Waals surface area (Å²) in [5.74, 6) is -1.68. The van der Waals surface area contributed by atoms with Gasteiger partial charge in [-0.15, -0.1) is 0 Å². The zero-order valence-electron chi connectivity index (χ0n) is 16.5. The number of amides is 1. The van der Waals surface area contributed by atoms with Crippen molar-refractivity contribution in [1.82, 2.24) is 4.98 Å². The predicted octanol–water partition coefficient (Wildman–Crippen LogP) is 4.98. The van der Waals surface area contributed by atoms with Crippen molar-refractivity contribution in [1.29, 1.82) is 0 Å². The number of anilines is 1. The number of halogens is 1. The number of hydrogen-bond donors (Lipinski definition) is 1. The Labute approximate surface area is 179 Å². The number of Topliss-reactive ketones (excluding diaryl/α,β-unsaturated/α-hetero) is 1. The molecule has 0 saturated carbocycles. The molecule has 1 fully saturated rings. The third kappa shape index (κ3) is 3.37. The molecule has 1 saturated heterocycles. The molecule has 0 aliphatic carbocycles. The summed E-state index contributed by atoms with van der Waals surface area (Å²) in [6, 6.07) is 14.8. The van der Waals surface area contributed by atoms with E-state index in [9.17, 15) is 14.7 Å². The molecule has 30 heavy (non-hydrogen) atoms. The van der Waals surface area contributed by atoms with E-state index in [0.29, 0.717) is 21.8 Å². The van der Waals surface area contributed by atoms with Crippen molar-refractivity contribution in [3.05, 3.63) is 99.8 Å². The molecule has 150 valence electrons. The van der Waals surface area contributed by atoms with Crippen LogP contribution in [0, 0.1) is 13.8 Å². The van der Waals surface area contributed by atoms with Crippen LogP contribution in [0.1, 0.15) is 28.3 Å². The molecule has 1 amide bonds. The van der Waals surface area contributed by atoms with Crippen molar-refractivity contribution in [3.63, 3.8) is 0 Å². The van der Waals surface area contributed by atoms with Gasteiger partial charge in [0.2, 0.25) is 0 Å². The van der Waals surface area contributed by atoms with E-state index >= 15 is 0 Å². The minimum absolute atomic E-state index is 0.0218. The minimum atomic E-state index is -0.795. The summed E-state index contributed by atoms with van der Waals surface area (Å²) < 4.78 is 0. The van der Waals surface area contributed by atoms with E-state index in [4.69, 9.17) is 11.6 Å². The molecule has 0 bridgehead atoms. The minimum Gasteiger partial charge on any atom is -0.507 e. The molecule has 5 nitrogen and oxygen atoms in total. The molecular formula is C24H19ClN2O3. The first-order valence-corrected chi connectivity index (χ1v) is 9.80. The highest BCUT2D eigenvalue weighted by atomic mass is 35.5. The van der Waals surface area contributed by atoms with Crippen LogP contribution < -0.4 is 4.90 Å². The lowest BCUT2D eigenvalue weighted by Crippen LogP contribution is -2.29. The van der Waals surface area contributed by atoms with E-state index in [1.165, 1.54) is 4.90 Å². The van der Waals surface area contributed by atoms with Gasteiger partial charge in [0.05, 0.1) is 11.6 Å². The first kappa shape index (κ1) is 19.9. The van der Waals surface area contributed by atoms with Crippen molar-refractivity contribution < 1.29 is 14.7 Å². The van der Waals surface area contributed by atoms with Crippen LogP contribution in [0.4, 0.5) is 5.69 Å². The van der Waals surface area contributed by atoms with Crippen LogP contribution in [-0.2, 0) is 9.59 Å². The molecule has 1 unspecified atom stereocenters. The molecule has 1 aliphatic rings. The fraction of sp³-hybridized carbons (Fsp3) is 0.125. The molecule has 3 aromatic rings. The number of hydrogen-bond acceptors (Lipinski definition) is 4. The fourth-order valence-corrected chi connectivity index (χ4v) is 3.72. The monoisotopic (exact) mass is 418 g/mol. The van der Waals surface area contributed by atoms with Crippen LogP contribution in [-0.4, -0.2) is 21.8 Å². The van der Waals surface area contributed by atoms with Gasteiger partial charge in [-0.25, -0.2) is 0 Å². The molecule has 6 heteroatoms. The number of aliphatic hydroxyl groups excluding tert-OH is 1. The highest BCUT2D eigenvalue weighted by molar-refractivity contribution is 6.51. The van der Waals surface area contributed by atoms with Gasteiger partial charge in [-0.2, -0.15) is 0 Å². The number of aliphatic hydroxyl groups is 1. The second-order valence-corrected chi connectivity index (χ2v) is 7.67. The summed E-state index contributed by atoms with van der Waals surface area (Å²) in [5, 5.41) is 11.5. The van der Waals surface area contributed by atoms with Gasteiger partial charge in [0, 0.05) is 28.7 Å². The van der Waals surface area contributed by atoms with Crippen molar-refractivity contribution in [2.45, 2.75) is 19.9 Å². The maximum absolute atomic E-state index is 13.1. The smallest absolute Gasteiger partial charge is 0.300 e. The second-order valence-electron chi connectivity index (χ2n) is 7.23. The van der Waals surface area contributed by atoms with E-state index in [1.807, 2.05) is 26.0 Å². The van der Waals surface area contributed by atoms with Crippen LogP contribution in [0.2, 0.25) is 5.02 Å². The predicted molar refractivity (Wildman–Crippen MR) is 116 cm³/mol. The number of aromatic nitrogens is 1. The molecule has 0 spiro atoms. The fourth-order valence-electron chi connectivity index (χ4n) is 3.59. The van der Waals surface area contributed by atoms with Gasteiger partial charge < -0.3 is 5.11 Å². The van der Waals surface area contributed by atoms with Crippen molar-refractivity contribution >= 4 is 34.7 Å². The summed E-state index contributed by atoms with van der Waals surface area (Å²) >= 11 is 5.95. The topological polar surface area (TPSA) is 70.5 Å². The Morgan fingerprint density at radius 3 is 2.40 bits per heavy atom. The van der Waals surface area contributed by atoms with Crippen LogP contribution in [0.25, 0.3) is 5.76 Å². The van der Waals surface area contributed by atoms with Crippen LogP contribution >= 0.6 is 11.6 Å². The van der Waals surface area contributed by atoms with E-state index in [0.717, 1.165) is 11.1 Å². The van der Waals surface area contributed by atoms with Gasteiger partial charge in [0.25, 0.3) is 11.7 Å². The van der Waals surface area contributed by atoms with Crippen LogP contribution in [0.3, 0.4) is 0 Å². The van der Waals surface area contributed by atoms with E-state index < -0.39 is 17.7 Å². The number of ketones is 1. The van der Waals surface area contributed by atoms with E-state index in [1.54, 1.807) is 54.9 Å². The van der Waals surface area contributed by atoms with Gasteiger partial charge in [0.15, 0.2) is 0 Å². The first-order valence-electron chi connectivity index (χ1n) is 9.42. The average molecular weight is 419 g/mol. The largest absolute Gasteiger partial charge is 0.507 e. The molecule has 1 atom stereocenters. The highest BCUT2D eigenvalue weighted by Crippen LogP contribution is 2.42. The van der Waals surface area contributed by atoms with E-state index in [-0.39, 0.29) is 11.3 Å². The second kappa shape index (κ2) is 7.76. The Kier molecular flexibility index (Phi) is 5.14. The number of rotatable bonds is 3. The summed E-state index contributed by atoms with van der Waals surface area (Å²) in [4.78, 5) is 31.7. The molecule has 2 aromatic carbocycles. The highest BCUT2D eigenvalue weighted by Gasteiger charge is 2.47. The Morgan fingerprint density at radius 1 is 1.03 bits per heavy atom. The zero-order valence-corrected chi connectivity index (χ0v) is 17.2. The number of carbonyl (C=O) groups is 2. The molecule has 1 aromatic heterocycles. The lowest BCUT2D eigenvalue weighted by molar-refractivity contribution is -0.132. The summed E-state index contributed by atoms with van der Waals surface area (Å²) in [5.41, 5.74) is 3.72. The summed E-state index contributed by atoms with van der Waals surface area (Å²) in [6.45, 7) is 3.93. The van der Waals surface area contributed by atoms with Gasteiger partial charge in [0.1, 0.15) is 5.76 Å². The standard InChI is InChI=1S/C24H19ClN2O3/c1-14-5-10-19(12-15(14)2)27-21(17-4-3-11-26-13-17)20(23(29)24(27)30)22(28)16-6-8-18(25)9-7-16/h3-13,21,28H,1-2H3/b22-20+. The van der Waals surface area contributed by atoms with Gasteiger partial charge in [-0.1, -0.05) is 23.7 Å². The number of benzene rings is 2. The van der Waals surface area contributed by atoms with Crippen molar-refractivity contribution in [2.75, 3.05) is 4.90 Å². The van der Waals surface area contributed by atoms with Gasteiger partial charge in [-0.3, -0.25) is 19.5 Å². The Balaban J connectivity index is 1.94. The normalized spacial score (nSPS) is 18.1. The average Bonchev–Trinajstić information content (AvgIpc) is 3.01. The Morgan fingerprint density at radius 2 is 1.77 bits per heavy atom. The molecule has 4 rings (SSSR count). The third-order valence-electron chi connectivity index (χ3n) is 5.33. The number of nitrogens with zero attached hydrogens (tertiary/aromatic N) is 2. The van der Waals surface area contributed by atoms with E-state index in [2.05, 4.69) is 4.98 Å². The summed E-state index contributed by atoms with van der Waals surface area (Å²) in [6.07, 6.45) is 3.21. The Bertz CT molecular complexity index is 1170. The SMILES string of the molecule is Cc1ccc(N2C(=O)C(=O)/C(=C(/O)c3ccc(Cl)cc3)C2c2cccnc2)cc1C. The summed E-state index contributed by atoms with van der Waals surface area (Å²) in [7, 11) is 0. The number of carbonyl (C=O) groups excluding carboxylic acids is 2. The molecular weight excluding hydrogens is 400 g/mol. The third-order valence-corrected chi connectivity index (χ3v) is 5.58. The maximum Gasteiger partial charge on any atom is 0.300 e. The number of aryl methyl sites for hydroxylation is 2. The van der Waals surface area contributed by atoms with Gasteiger partial charge in [-0.05, 0) is 73.0 Å². The number of pyridine rings is 1. The molecule has 1 N–H and O–H groups in total. The molecule has 0 radical (unpaired) electrons. The van der Waals surface area contributed by atoms with Crippen molar-refractivity contribution in [2.24, 2.45) is 0 Å². The first-order chi connectivity index (χ1) is 14.4. The zero-order chi connectivity index (χ0) is 21.4. The van der Waals surface area contributed by atoms with Crippen LogP contribution in [0.15, 0.2) is 72.6 Å². The molecule has 1 aliphatic heterocycles. The van der Waals surface area contributed by atoms with Crippen molar-refractivity contribution in [3.8, 4) is 0 Å². The maximum atomic E-state index is 13.1. The molecule has 2 heterocycles. The van der Waals surface area contributed by atoms with Gasteiger partial charge >= 0.3 is 0 Å². The quantitative estimate of drug-likeness (QED) is 0.370. The lowest BCUT2D eigenvalue weighted by Gasteiger charge is -2.25. The van der Waals surface area contributed by atoms with Crippen LogP contribution in [0.5, 0.6) is 0 Å². The lowest BCUT2D eigenvalue weighted by atomic mass is 9.96. The Hall–Kier alpha value is -3.44.